The van der Waals surface area contributed by atoms with Crippen LogP contribution >= 0.6 is 0 Å². The molecule has 6 N–H and O–H groups in total. The first-order valence-corrected chi connectivity index (χ1v) is 9.88. The van der Waals surface area contributed by atoms with Crippen molar-refractivity contribution < 1.29 is 49.3 Å². The number of methoxy groups -OCH3 is 1. The van der Waals surface area contributed by atoms with E-state index in [-0.39, 0.29) is 33.8 Å². The number of benzene rings is 2. The van der Waals surface area contributed by atoms with Crippen LogP contribution in [0.5, 0.6) is 23.0 Å². The Labute approximate surface area is 186 Å². The summed E-state index contributed by atoms with van der Waals surface area (Å²) < 4.78 is 21.6. The van der Waals surface area contributed by atoms with Gasteiger partial charge in [-0.2, -0.15) is 0 Å². The maximum atomic E-state index is 13.1. The van der Waals surface area contributed by atoms with Crippen LogP contribution in [0, 0.1) is 0 Å². The molecule has 0 unspecified atom stereocenters. The standard InChI is InChI=1S/C22H22O11/c1-30-21-13(32-22-20(29)19(28)17(26)14(7-23)33-22)6-12-15(18(21)27)16(25)11(8-31-12)9-2-4-10(24)5-3-9/h2-6,8,14,17,19-20,22-24,26-29H,7H2,1H3/t14-,17-,19-,20+,22+/m0/s1. The van der Waals surface area contributed by atoms with Crippen molar-refractivity contribution in [2.75, 3.05) is 13.7 Å². The maximum Gasteiger partial charge on any atom is 0.229 e. The molecule has 1 aromatic heterocycles. The predicted molar refractivity (Wildman–Crippen MR) is 112 cm³/mol. The van der Waals surface area contributed by atoms with Gasteiger partial charge in [-0.3, -0.25) is 4.79 Å². The third kappa shape index (κ3) is 3.96. The van der Waals surface area contributed by atoms with Crippen molar-refractivity contribution in [1.82, 2.24) is 0 Å². The van der Waals surface area contributed by atoms with Crippen LogP contribution in [0.1, 0.15) is 0 Å². The summed E-state index contributed by atoms with van der Waals surface area (Å²) >= 11 is 0. The summed E-state index contributed by atoms with van der Waals surface area (Å²) in [7, 11) is 1.21. The molecule has 0 aliphatic carbocycles. The summed E-state index contributed by atoms with van der Waals surface area (Å²) in [5.41, 5.74) is -0.0662. The molecule has 3 aromatic rings. The van der Waals surface area contributed by atoms with E-state index < -0.39 is 48.5 Å². The molecule has 0 saturated carbocycles. The molecule has 4 rings (SSSR count). The Bertz CT molecular complexity index is 1200. The van der Waals surface area contributed by atoms with Crippen LogP contribution in [0.4, 0.5) is 0 Å². The lowest BCUT2D eigenvalue weighted by molar-refractivity contribution is -0.277. The topological polar surface area (TPSA) is 179 Å². The monoisotopic (exact) mass is 462 g/mol. The van der Waals surface area contributed by atoms with Gasteiger partial charge in [0.05, 0.1) is 19.3 Å². The van der Waals surface area contributed by atoms with E-state index in [2.05, 4.69) is 0 Å². The summed E-state index contributed by atoms with van der Waals surface area (Å²) in [6, 6.07) is 7.06. The molecular formula is C22H22O11. The first-order chi connectivity index (χ1) is 15.8. The van der Waals surface area contributed by atoms with Gasteiger partial charge in [0.1, 0.15) is 47.4 Å². The number of fused-ring (bicyclic) bond motifs is 1. The maximum absolute atomic E-state index is 13.1. The van der Waals surface area contributed by atoms with Crippen LogP contribution in [-0.4, -0.2) is 75.1 Å². The number of phenols is 2. The fourth-order valence-corrected chi connectivity index (χ4v) is 3.64. The number of phenolic OH excluding ortho intramolecular Hbond substituents is 2. The second-order valence-electron chi connectivity index (χ2n) is 7.47. The quantitative estimate of drug-likeness (QED) is 0.302. The van der Waals surface area contributed by atoms with Crippen molar-refractivity contribution in [1.29, 1.82) is 0 Å². The van der Waals surface area contributed by atoms with Gasteiger partial charge >= 0.3 is 0 Å². The Morgan fingerprint density at radius 2 is 1.73 bits per heavy atom. The second kappa shape index (κ2) is 8.89. The van der Waals surface area contributed by atoms with Gasteiger partial charge in [0.2, 0.25) is 17.5 Å². The van der Waals surface area contributed by atoms with Crippen molar-refractivity contribution in [2.45, 2.75) is 30.7 Å². The van der Waals surface area contributed by atoms with Gasteiger partial charge < -0.3 is 49.3 Å². The van der Waals surface area contributed by atoms with E-state index in [0.29, 0.717) is 5.56 Å². The largest absolute Gasteiger partial charge is 0.508 e. The summed E-state index contributed by atoms with van der Waals surface area (Å²) in [6.45, 7) is -0.653. The van der Waals surface area contributed by atoms with Crippen molar-refractivity contribution in [3.63, 3.8) is 0 Å². The molecule has 1 saturated heterocycles. The number of rotatable bonds is 5. The highest BCUT2D eigenvalue weighted by Crippen LogP contribution is 2.43. The molecule has 11 nitrogen and oxygen atoms in total. The minimum atomic E-state index is -1.70. The van der Waals surface area contributed by atoms with Gasteiger partial charge in [-0.05, 0) is 17.7 Å². The zero-order chi connectivity index (χ0) is 23.9. The number of aromatic hydroxyl groups is 2. The summed E-state index contributed by atoms with van der Waals surface area (Å²) in [4.78, 5) is 13.1. The number of hydrogen-bond acceptors (Lipinski definition) is 11. The number of aliphatic hydroxyl groups excluding tert-OH is 4. The molecule has 1 aliphatic heterocycles. The van der Waals surface area contributed by atoms with Gasteiger partial charge in [0, 0.05) is 6.07 Å². The molecule has 0 spiro atoms. The van der Waals surface area contributed by atoms with E-state index in [1.165, 1.54) is 43.7 Å². The van der Waals surface area contributed by atoms with Crippen LogP contribution < -0.4 is 14.9 Å². The third-order valence-electron chi connectivity index (χ3n) is 5.43. The molecule has 0 amide bonds. The average Bonchev–Trinajstić information content (AvgIpc) is 2.80. The van der Waals surface area contributed by atoms with Crippen molar-refractivity contribution in [3.05, 3.63) is 46.8 Å². The minimum Gasteiger partial charge on any atom is -0.508 e. The number of aliphatic hydroxyl groups is 4. The zero-order valence-electron chi connectivity index (χ0n) is 17.3. The smallest absolute Gasteiger partial charge is 0.229 e. The third-order valence-corrected chi connectivity index (χ3v) is 5.43. The van der Waals surface area contributed by atoms with Crippen LogP contribution in [0.2, 0.25) is 0 Å². The Morgan fingerprint density at radius 1 is 1.03 bits per heavy atom. The van der Waals surface area contributed by atoms with Crippen LogP contribution in [0.3, 0.4) is 0 Å². The highest BCUT2D eigenvalue weighted by molar-refractivity contribution is 5.91. The van der Waals surface area contributed by atoms with E-state index in [0.717, 1.165) is 0 Å². The fraction of sp³-hybridized carbons (Fsp3) is 0.318. The van der Waals surface area contributed by atoms with Gasteiger partial charge in [-0.1, -0.05) is 12.1 Å². The molecule has 33 heavy (non-hydrogen) atoms. The molecule has 11 heteroatoms. The van der Waals surface area contributed by atoms with Gasteiger partial charge in [0.25, 0.3) is 0 Å². The lowest BCUT2D eigenvalue weighted by Crippen LogP contribution is -2.60. The van der Waals surface area contributed by atoms with Crippen molar-refractivity contribution in [2.24, 2.45) is 0 Å². The second-order valence-corrected chi connectivity index (χ2v) is 7.47. The molecule has 0 bridgehead atoms. The predicted octanol–water partition coefficient (Wildman–Crippen LogP) is 0.0585. The Balaban J connectivity index is 1.77. The lowest BCUT2D eigenvalue weighted by atomic mass is 9.99. The Morgan fingerprint density at radius 3 is 2.36 bits per heavy atom. The van der Waals surface area contributed by atoms with Gasteiger partial charge in [-0.15, -0.1) is 0 Å². The Hall–Kier alpha value is -3.35. The van der Waals surface area contributed by atoms with Crippen LogP contribution in [0.15, 0.2) is 45.8 Å². The summed E-state index contributed by atoms with van der Waals surface area (Å²) in [6.07, 6.45) is -6.52. The Kier molecular flexibility index (Phi) is 6.15. The van der Waals surface area contributed by atoms with E-state index in [1.807, 2.05) is 0 Å². The van der Waals surface area contributed by atoms with Gasteiger partial charge in [0.15, 0.2) is 11.5 Å². The molecule has 2 heterocycles. The first-order valence-electron chi connectivity index (χ1n) is 9.88. The highest BCUT2D eigenvalue weighted by Gasteiger charge is 2.45. The average molecular weight is 462 g/mol. The fourth-order valence-electron chi connectivity index (χ4n) is 3.64. The van der Waals surface area contributed by atoms with E-state index in [9.17, 15) is 35.4 Å². The first kappa shape index (κ1) is 22.8. The molecule has 2 aromatic carbocycles. The van der Waals surface area contributed by atoms with Crippen molar-refractivity contribution in [3.8, 4) is 34.1 Å². The molecule has 5 atom stereocenters. The molecular weight excluding hydrogens is 440 g/mol. The SMILES string of the molecule is COc1c(O[C@@H]2O[C@@H](CO)[C@H](O)[C@H](O)[C@H]2O)cc2occ(-c3ccc(O)cc3)c(=O)c2c1O. The number of hydrogen-bond donors (Lipinski definition) is 6. The highest BCUT2D eigenvalue weighted by atomic mass is 16.7. The van der Waals surface area contributed by atoms with E-state index in [4.69, 9.17) is 18.6 Å². The zero-order valence-corrected chi connectivity index (χ0v) is 17.3. The van der Waals surface area contributed by atoms with Gasteiger partial charge in [-0.25, -0.2) is 0 Å². The summed E-state index contributed by atoms with van der Waals surface area (Å²) in [5, 5.41) is 59.5. The summed E-state index contributed by atoms with van der Waals surface area (Å²) in [5.74, 6) is -1.03. The number of ether oxygens (including phenoxy) is 3. The lowest BCUT2D eigenvalue weighted by Gasteiger charge is -2.39. The molecule has 1 fully saturated rings. The van der Waals surface area contributed by atoms with Crippen LogP contribution in [-0.2, 0) is 4.74 Å². The van der Waals surface area contributed by atoms with Crippen molar-refractivity contribution >= 4 is 11.0 Å². The normalized spacial score (nSPS) is 25.2. The molecule has 176 valence electrons. The molecule has 1 aliphatic rings. The van der Waals surface area contributed by atoms with Crippen LogP contribution in [0.25, 0.3) is 22.1 Å². The minimum absolute atomic E-state index is 0.0171. The van der Waals surface area contributed by atoms with E-state index in [1.54, 1.807) is 0 Å². The van der Waals surface area contributed by atoms with E-state index >= 15 is 0 Å². The molecule has 0 radical (unpaired) electrons.